The van der Waals surface area contributed by atoms with Crippen LogP contribution in [0.15, 0.2) is 46.6 Å². The number of aromatic carboxylic acids is 2. The van der Waals surface area contributed by atoms with Gasteiger partial charge in [-0.25, -0.2) is 9.59 Å². The summed E-state index contributed by atoms with van der Waals surface area (Å²) in [6, 6.07) is 7.28. The summed E-state index contributed by atoms with van der Waals surface area (Å²) in [7, 11) is 0. The van der Waals surface area contributed by atoms with E-state index in [9.17, 15) is 19.8 Å². The van der Waals surface area contributed by atoms with Gasteiger partial charge in [0.25, 0.3) is 0 Å². The van der Waals surface area contributed by atoms with Crippen molar-refractivity contribution >= 4 is 82.4 Å². The van der Waals surface area contributed by atoms with Crippen LogP contribution in [0.5, 0.6) is 11.5 Å². The van der Waals surface area contributed by atoms with Crippen LogP contribution in [0.4, 0.5) is 11.4 Å². The number of carboxylic acid groups (broad SMARTS) is 2. The van der Waals surface area contributed by atoms with E-state index in [0.717, 1.165) is 24.3 Å². The second-order valence-electron chi connectivity index (χ2n) is 4.21. The molecule has 0 atom stereocenters. The molecule has 0 spiro atoms. The normalized spacial score (nSPS) is 9.83. The number of nitrogens with zero attached hydrogens (tertiary/aromatic N) is 2. The van der Waals surface area contributed by atoms with Crippen molar-refractivity contribution < 1.29 is 30.0 Å². The van der Waals surface area contributed by atoms with Gasteiger partial charge in [0.15, 0.2) is 0 Å². The molecular formula is C14H12N2Na2O6. The molecule has 2 aromatic carbocycles. The van der Waals surface area contributed by atoms with Gasteiger partial charge in [-0.05, 0) is 36.4 Å². The van der Waals surface area contributed by atoms with Gasteiger partial charge in [0.1, 0.15) is 22.6 Å². The Kier molecular flexibility index (Phi) is 9.20. The van der Waals surface area contributed by atoms with Crippen molar-refractivity contribution in [1.29, 1.82) is 0 Å². The standard InChI is InChI=1S/C14H10N2O6.2Na.2H/c17-11-3-1-7(5-9(11)13(19)20)15-16-8-2-4-12(18)10(6-8)14(21)22;;;;/h1-6,17-18H,(H,19,20)(H,21,22);;;;/b16-15+;;;;. The van der Waals surface area contributed by atoms with Gasteiger partial charge < -0.3 is 20.4 Å². The average Bonchev–Trinajstić information content (AvgIpc) is 2.47. The van der Waals surface area contributed by atoms with Gasteiger partial charge in [0.2, 0.25) is 0 Å². The van der Waals surface area contributed by atoms with Crippen LogP contribution in [0.1, 0.15) is 20.7 Å². The first-order chi connectivity index (χ1) is 10.4. The Morgan fingerprint density at radius 2 is 1.04 bits per heavy atom. The molecule has 0 aliphatic rings. The summed E-state index contributed by atoms with van der Waals surface area (Å²) in [5, 5.41) is 44.0. The van der Waals surface area contributed by atoms with E-state index in [4.69, 9.17) is 10.2 Å². The van der Waals surface area contributed by atoms with Crippen LogP contribution >= 0.6 is 0 Å². The number of hydrogen-bond donors (Lipinski definition) is 4. The van der Waals surface area contributed by atoms with E-state index in [0.29, 0.717) is 0 Å². The summed E-state index contributed by atoms with van der Waals surface area (Å²) in [5.74, 6) is -3.42. The molecule has 24 heavy (non-hydrogen) atoms. The maximum atomic E-state index is 10.9. The zero-order valence-electron chi connectivity index (χ0n) is 11.0. The minimum atomic E-state index is -1.31. The molecule has 116 valence electrons. The summed E-state index contributed by atoms with van der Waals surface area (Å²) in [6.45, 7) is 0. The van der Waals surface area contributed by atoms with Gasteiger partial charge in [0.05, 0.1) is 11.4 Å². The fourth-order valence-electron chi connectivity index (χ4n) is 1.63. The van der Waals surface area contributed by atoms with Crippen LogP contribution in [0, 0.1) is 0 Å². The molecule has 10 heteroatoms. The topological polar surface area (TPSA) is 140 Å². The molecule has 0 aliphatic heterocycles. The van der Waals surface area contributed by atoms with Crippen molar-refractivity contribution in [1.82, 2.24) is 0 Å². The summed E-state index contributed by atoms with van der Waals surface area (Å²) >= 11 is 0. The van der Waals surface area contributed by atoms with Gasteiger partial charge >= 0.3 is 71.1 Å². The Labute approximate surface area is 180 Å². The first-order valence-electron chi connectivity index (χ1n) is 5.93. The van der Waals surface area contributed by atoms with E-state index >= 15 is 0 Å². The first kappa shape index (κ1) is 22.6. The summed E-state index contributed by atoms with van der Waals surface area (Å²) in [5.41, 5.74) is -0.318. The van der Waals surface area contributed by atoms with Gasteiger partial charge in [-0.1, -0.05) is 0 Å². The Hall–Kier alpha value is -1.42. The van der Waals surface area contributed by atoms with E-state index in [1.165, 1.54) is 12.1 Å². The fraction of sp³-hybridized carbons (Fsp3) is 0. The second-order valence-corrected chi connectivity index (χ2v) is 4.21. The third-order valence-electron chi connectivity index (χ3n) is 2.70. The van der Waals surface area contributed by atoms with E-state index in [1.54, 1.807) is 0 Å². The van der Waals surface area contributed by atoms with E-state index < -0.39 is 23.4 Å². The predicted octanol–water partition coefficient (Wildman–Crippen LogP) is 1.61. The number of carboxylic acids is 2. The summed E-state index contributed by atoms with van der Waals surface area (Å²) in [4.78, 5) is 21.8. The molecule has 0 amide bonds. The third kappa shape index (κ3) is 5.59. The number of phenols is 2. The summed E-state index contributed by atoms with van der Waals surface area (Å²) in [6.07, 6.45) is 0. The van der Waals surface area contributed by atoms with Crippen LogP contribution in [0.3, 0.4) is 0 Å². The van der Waals surface area contributed by atoms with Crippen molar-refractivity contribution in [2.24, 2.45) is 10.2 Å². The molecule has 2 aromatic rings. The molecule has 0 heterocycles. The van der Waals surface area contributed by atoms with E-state index in [1.807, 2.05) is 0 Å². The number of rotatable bonds is 4. The van der Waals surface area contributed by atoms with E-state index in [-0.39, 0.29) is 81.6 Å². The van der Waals surface area contributed by atoms with Crippen molar-refractivity contribution in [2.75, 3.05) is 0 Å². The Morgan fingerprint density at radius 3 is 1.33 bits per heavy atom. The van der Waals surface area contributed by atoms with E-state index in [2.05, 4.69) is 10.2 Å². The molecule has 0 bridgehead atoms. The van der Waals surface area contributed by atoms with Crippen molar-refractivity contribution in [2.45, 2.75) is 0 Å². The maximum absolute atomic E-state index is 10.9. The molecular weight excluding hydrogens is 338 g/mol. The molecule has 2 rings (SSSR count). The monoisotopic (exact) mass is 350 g/mol. The molecule has 0 fully saturated rings. The molecule has 4 N–H and O–H groups in total. The number of aromatic hydroxyl groups is 2. The van der Waals surface area contributed by atoms with Crippen molar-refractivity contribution in [3.8, 4) is 11.5 Å². The van der Waals surface area contributed by atoms with Crippen LogP contribution < -0.4 is 0 Å². The SMILES string of the molecule is O=C(O)c1cc(/N=N/c2ccc(O)c(C(=O)O)c2)ccc1O.[NaH].[NaH]. The van der Waals surface area contributed by atoms with Crippen molar-refractivity contribution in [3.05, 3.63) is 47.5 Å². The van der Waals surface area contributed by atoms with Crippen LogP contribution in [-0.2, 0) is 0 Å². The van der Waals surface area contributed by atoms with Gasteiger partial charge in [0, 0.05) is 0 Å². The average molecular weight is 350 g/mol. The predicted molar refractivity (Wildman–Crippen MR) is 88.6 cm³/mol. The van der Waals surface area contributed by atoms with Crippen LogP contribution in [0.25, 0.3) is 0 Å². The Balaban J connectivity index is 0.00000264. The minimum absolute atomic E-state index is 0. The number of carbonyl (C=O) groups is 2. The van der Waals surface area contributed by atoms with Gasteiger partial charge in [-0.15, -0.1) is 0 Å². The Bertz CT molecular complexity index is 729. The summed E-state index contributed by atoms with van der Waals surface area (Å²) < 4.78 is 0. The molecule has 0 radical (unpaired) electrons. The number of hydrogen-bond acceptors (Lipinski definition) is 6. The molecule has 0 aliphatic carbocycles. The van der Waals surface area contributed by atoms with Crippen LogP contribution in [0.2, 0.25) is 0 Å². The zero-order chi connectivity index (χ0) is 16.3. The van der Waals surface area contributed by atoms with Gasteiger partial charge in [-0.2, -0.15) is 10.2 Å². The fourth-order valence-corrected chi connectivity index (χ4v) is 1.63. The van der Waals surface area contributed by atoms with Crippen molar-refractivity contribution in [3.63, 3.8) is 0 Å². The molecule has 0 saturated carbocycles. The zero-order valence-corrected chi connectivity index (χ0v) is 11.0. The second kappa shape index (κ2) is 9.77. The Morgan fingerprint density at radius 1 is 0.708 bits per heavy atom. The molecule has 0 aromatic heterocycles. The number of azo groups is 1. The molecule has 8 nitrogen and oxygen atoms in total. The first-order valence-corrected chi connectivity index (χ1v) is 5.93. The third-order valence-corrected chi connectivity index (χ3v) is 2.70. The van der Waals surface area contributed by atoms with Crippen LogP contribution in [-0.4, -0.2) is 91.5 Å². The number of benzene rings is 2. The quantitative estimate of drug-likeness (QED) is 0.488. The molecule has 0 unspecified atom stereocenters. The van der Waals surface area contributed by atoms with Gasteiger partial charge in [-0.3, -0.25) is 0 Å². The molecule has 0 saturated heterocycles.